The van der Waals surface area contributed by atoms with E-state index in [1.165, 1.54) is 0 Å². The van der Waals surface area contributed by atoms with E-state index in [0.717, 1.165) is 16.7 Å². The molecule has 1 unspecified atom stereocenters. The van der Waals surface area contributed by atoms with Gasteiger partial charge in [0, 0.05) is 6.20 Å². The molecule has 4 aromatic rings. The average molecular weight is 426 g/mol. The van der Waals surface area contributed by atoms with Crippen LogP contribution in [-0.2, 0) is 9.09 Å². The lowest BCUT2D eigenvalue weighted by atomic mass is 9.95. The molecule has 31 heavy (non-hydrogen) atoms. The van der Waals surface area contributed by atoms with E-state index >= 15 is 0 Å². The Morgan fingerprint density at radius 3 is 1.81 bits per heavy atom. The number of hydrogen-bond acceptors (Lipinski definition) is 4. The van der Waals surface area contributed by atoms with E-state index in [4.69, 9.17) is 4.52 Å². The molecule has 0 amide bonds. The third kappa shape index (κ3) is 3.86. The smallest absolute Gasteiger partial charge is 0.271 e. The predicted molar refractivity (Wildman–Crippen MR) is 123 cm³/mol. The Kier molecular flexibility index (Phi) is 5.52. The summed E-state index contributed by atoms with van der Waals surface area (Å²) in [5.74, 6) is -0.506. The number of pyridine rings is 1. The first kappa shape index (κ1) is 19.9. The second-order valence-corrected chi connectivity index (χ2v) is 9.97. The molecule has 1 aromatic heterocycles. The number of nitrogens with one attached hydrogen (secondary N) is 1. The molecule has 4 nitrogen and oxygen atoms in total. The summed E-state index contributed by atoms with van der Waals surface area (Å²) in [7, 11) is -3.40. The van der Waals surface area contributed by atoms with Gasteiger partial charge in [-0.05, 0) is 28.8 Å². The maximum absolute atomic E-state index is 14.6. The summed E-state index contributed by atoms with van der Waals surface area (Å²) < 4.78 is 21.2. The molecule has 0 radical (unpaired) electrons. The van der Waals surface area contributed by atoms with E-state index in [9.17, 15) is 4.57 Å². The fourth-order valence-electron chi connectivity index (χ4n) is 4.13. The van der Waals surface area contributed by atoms with Gasteiger partial charge in [0.1, 0.15) is 17.3 Å². The highest BCUT2D eigenvalue weighted by molar-refractivity contribution is 7.67. The topological polar surface area (TPSA) is 51.2 Å². The fourth-order valence-corrected chi connectivity index (χ4v) is 6.64. The number of hydrogen-bond donors (Lipinski definition) is 1. The van der Waals surface area contributed by atoms with Gasteiger partial charge in [0.25, 0.3) is 7.37 Å². The standard InChI is InChI=1S/C26H23N2O2P/c29-31(23-18-10-11-19-27-23)26(22-16-8-3-9-17-22)28-24(20-12-4-1-5-13-20)25(30-31)21-14-6-2-7-15-21/h1-19,24-26,28H/t24-,25+,26-,31?/m0/s1. The molecule has 0 bridgehead atoms. The first-order valence-corrected chi connectivity index (χ1v) is 12.1. The van der Waals surface area contributed by atoms with Crippen LogP contribution in [0.3, 0.4) is 0 Å². The van der Waals surface area contributed by atoms with Gasteiger partial charge in [-0.3, -0.25) is 14.9 Å². The Bertz CT molecular complexity index is 1170. The third-order valence-corrected chi connectivity index (χ3v) is 8.19. The van der Waals surface area contributed by atoms with Crippen LogP contribution in [0, 0.1) is 0 Å². The number of nitrogens with zero attached hydrogens (tertiary/aromatic N) is 1. The summed E-state index contributed by atoms with van der Waals surface area (Å²) in [6.07, 6.45) is 1.25. The Morgan fingerprint density at radius 1 is 0.677 bits per heavy atom. The van der Waals surface area contributed by atoms with Crippen molar-refractivity contribution in [1.29, 1.82) is 0 Å². The van der Waals surface area contributed by atoms with Crippen molar-refractivity contribution in [2.45, 2.75) is 17.9 Å². The van der Waals surface area contributed by atoms with Crippen LogP contribution in [0.15, 0.2) is 115 Å². The van der Waals surface area contributed by atoms with Crippen LogP contribution in [0.1, 0.15) is 34.6 Å². The summed E-state index contributed by atoms with van der Waals surface area (Å²) >= 11 is 0. The molecule has 5 rings (SSSR count). The SMILES string of the molecule is O=P1(c2ccccn2)O[C@H](c2ccccc2)[C@H](c2ccccc2)N[C@@H]1c1ccccc1. The van der Waals surface area contributed by atoms with E-state index < -0.39 is 19.3 Å². The molecule has 1 aliphatic heterocycles. The molecule has 4 atom stereocenters. The quantitative estimate of drug-likeness (QED) is 0.420. The molecule has 5 heteroatoms. The highest BCUT2D eigenvalue weighted by Gasteiger charge is 2.48. The molecule has 1 aliphatic rings. The second kappa shape index (κ2) is 8.60. The van der Waals surface area contributed by atoms with Crippen molar-refractivity contribution in [3.05, 3.63) is 132 Å². The van der Waals surface area contributed by atoms with Crippen molar-refractivity contribution in [2.24, 2.45) is 0 Å². The number of aromatic nitrogens is 1. The molecular formula is C26H23N2O2P. The molecule has 1 saturated heterocycles. The lowest BCUT2D eigenvalue weighted by molar-refractivity contribution is 0.127. The largest absolute Gasteiger partial charge is 0.313 e. The molecular weight excluding hydrogens is 403 g/mol. The van der Waals surface area contributed by atoms with Gasteiger partial charge in [-0.25, -0.2) is 0 Å². The van der Waals surface area contributed by atoms with Crippen LogP contribution in [0.25, 0.3) is 0 Å². The zero-order chi connectivity index (χ0) is 21.1. The van der Waals surface area contributed by atoms with Crippen molar-refractivity contribution >= 4 is 12.8 Å². The lowest BCUT2D eigenvalue weighted by Crippen LogP contribution is -2.40. The predicted octanol–water partition coefficient (Wildman–Crippen LogP) is 5.79. The van der Waals surface area contributed by atoms with E-state index in [1.807, 2.05) is 91.0 Å². The van der Waals surface area contributed by atoms with Crippen molar-refractivity contribution in [1.82, 2.24) is 10.3 Å². The summed E-state index contributed by atoms with van der Waals surface area (Å²) in [6.45, 7) is 0. The van der Waals surface area contributed by atoms with Crippen molar-refractivity contribution < 1.29 is 9.09 Å². The zero-order valence-electron chi connectivity index (χ0n) is 16.9. The van der Waals surface area contributed by atoms with Gasteiger partial charge < -0.3 is 4.52 Å². The van der Waals surface area contributed by atoms with Crippen LogP contribution in [0.2, 0.25) is 0 Å². The Balaban J connectivity index is 1.67. The molecule has 0 saturated carbocycles. The third-order valence-electron chi connectivity index (χ3n) is 5.62. The summed E-state index contributed by atoms with van der Waals surface area (Å²) in [5, 5.41) is 3.70. The first-order chi connectivity index (χ1) is 15.3. The molecule has 1 fully saturated rings. The molecule has 0 aliphatic carbocycles. The Hall–Kier alpha value is -3.04. The summed E-state index contributed by atoms with van der Waals surface area (Å²) in [5.41, 5.74) is 3.46. The minimum absolute atomic E-state index is 0.167. The van der Waals surface area contributed by atoms with E-state index in [-0.39, 0.29) is 6.04 Å². The monoisotopic (exact) mass is 426 g/mol. The molecule has 2 heterocycles. The first-order valence-electron chi connectivity index (χ1n) is 10.4. The highest BCUT2D eigenvalue weighted by Crippen LogP contribution is 2.65. The van der Waals surface area contributed by atoms with Gasteiger partial charge in [0.05, 0.1) is 6.04 Å². The van der Waals surface area contributed by atoms with E-state index in [1.54, 1.807) is 12.3 Å². The van der Waals surface area contributed by atoms with Gasteiger partial charge in [0.15, 0.2) is 0 Å². The van der Waals surface area contributed by atoms with Gasteiger partial charge in [0.2, 0.25) is 0 Å². The minimum Gasteiger partial charge on any atom is -0.313 e. The molecule has 1 N–H and O–H groups in total. The van der Waals surface area contributed by atoms with Gasteiger partial charge in [-0.1, -0.05) is 97.1 Å². The Morgan fingerprint density at radius 2 is 1.23 bits per heavy atom. The maximum atomic E-state index is 14.6. The molecule has 0 spiro atoms. The van der Waals surface area contributed by atoms with E-state index in [0.29, 0.717) is 5.44 Å². The summed E-state index contributed by atoms with van der Waals surface area (Å²) in [6, 6.07) is 35.3. The van der Waals surface area contributed by atoms with Crippen LogP contribution >= 0.6 is 7.37 Å². The van der Waals surface area contributed by atoms with Crippen LogP contribution in [0.5, 0.6) is 0 Å². The van der Waals surface area contributed by atoms with Crippen LogP contribution in [0.4, 0.5) is 0 Å². The number of benzene rings is 3. The zero-order valence-corrected chi connectivity index (χ0v) is 17.8. The minimum atomic E-state index is -3.40. The summed E-state index contributed by atoms with van der Waals surface area (Å²) in [4.78, 5) is 4.45. The maximum Gasteiger partial charge on any atom is 0.271 e. The van der Waals surface area contributed by atoms with E-state index in [2.05, 4.69) is 22.4 Å². The van der Waals surface area contributed by atoms with Gasteiger partial charge in [-0.2, -0.15) is 0 Å². The second-order valence-electron chi connectivity index (χ2n) is 7.59. The average Bonchev–Trinajstić information content (AvgIpc) is 2.86. The van der Waals surface area contributed by atoms with Crippen LogP contribution in [-0.4, -0.2) is 4.98 Å². The number of rotatable bonds is 4. The fraction of sp³-hybridized carbons (Fsp3) is 0.115. The van der Waals surface area contributed by atoms with Crippen molar-refractivity contribution in [3.63, 3.8) is 0 Å². The van der Waals surface area contributed by atoms with Gasteiger partial charge >= 0.3 is 0 Å². The normalized spacial score (nSPS) is 25.7. The molecule has 154 valence electrons. The Labute approximate surface area is 182 Å². The van der Waals surface area contributed by atoms with Gasteiger partial charge in [-0.15, -0.1) is 0 Å². The molecule has 3 aromatic carbocycles. The lowest BCUT2D eigenvalue weighted by Gasteiger charge is -2.42. The van der Waals surface area contributed by atoms with Crippen LogP contribution < -0.4 is 10.8 Å². The van der Waals surface area contributed by atoms with Crippen molar-refractivity contribution in [3.8, 4) is 0 Å². The highest BCUT2D eigenvalue weighted by atomic mass is 31.2. The van der Waals surface area contributed by atoms with Crippen molar-refractivity contribution in [2.75, 3.05) is 0 Å².